The van der Waals surface area contributed by atoms with Gasteiger partial charge in [0.15, 0.2) is 5.78 Å². The molecule has 3 N–H and O–H groups in total. The van der Waals surface area contributed by atoms with Gasteiger partial charge in [-0.2, -0.15) is 4.98 Å². The molecule has 2 amide bonds. The summed E-state index contributed by atoms with van der Waals surface area (Å²) in [7, 11) is 1.48. The Bertz CT molecular complexity index is 1140. The molecule has 9 heteroatoms. The Kier molecular flexibility index (Phi) is 7.76. The number of likely N-dealkylation sites (tertiary alicyclic amines) is 1. The van der Waals surface area contributed by atoms with E-state index in [4.69, 9.17) is 9.53 Å². The van der Waals surface area contributed by atoms with Crippen molar-refractivity contribution in [3.8, 4) is 5.88 Å². The summed E-state index contributed by atoms with van der Waals surface area (Å²) in [6.45, 7) is 2.76. The van der Waals surface area contributed by atoms with Gasteiger partial charge in [0.05, 0.1) is 7.11 Å². The number of pyridine rings is 1. The van der Waals surface area contributed by atoms with E-state index in [9.17, 15) is 14.0 Å². The molecule has 0 bridgehead atoms. The van der Waals surface area contributed by atoms with Gasteiger partial charge in [-0.3, -0.25) is 14.4 Å². The van der Waals surface area contributed by atoms with E-state index in [1.54, 1.807) is 12.3 Å². The molecule has 3 aromatic rings. The molecule has 2 aromatic heterocycles. The van der Waals surface area contributed by atoms with Crippen LogP contribution in [0.3, 0.4) is 0 Å². The average molecular weight is 455 g/mol. The lowest BCUT2D eigenvalue weighted by atomic mass is 9.90. The van der Waals surface area contributed by atoms with Crippen LogP contribution < -0.4 is 10.5 Å². The number of nitrogens with zero attached hydrogens (tertiary/aromatic N) is 2. The molecule has 174 valence electrons. The maximum absolute atomic E-state index is 13.2. The molecule has 1 aromatic carbocycles. The maximum Gasteiger partial charge on any atom is 0.259 e. The highest BCUT2D eigenvalue weighted by atomic mass is 19.1. The zero-order valence-corrected chi connectivity index (χ0v) is 18.6. The number of carbonyl (C=O) groups excluding carboxylic acids is 3. The predicted octanol–water partition coefficient (Wildman–Crippen LogP) is 3.11. The summed E-state index contributed by atoms with van der Waals surface area (Å²) < 4.78 is 18.4. The normalized spacial score (nSPS) is 13.8. The van der Waals surface area contributed by atoms with Gasteiger partial charge in [-0.25, -0.2) is 4.39 Å². The summed E-state index contributed by atoms with van der Waals surface area (Å²) >= 11 is 0. The van der Waals surface area contributed by atoms with Crippen LogP contribution in [0.15, 0.2) is 36.5 Å². The summed E-state index contributed by atoms with van der Waals surface area (Å²) in [6, 6.07) is 8.31. The number of halogens is 1. The minimum Gasteiger partial charge on any atom is -0.480 e. The van der Waals surface area contributed by atoms with Crippen molar-refractivity contribution in [2.24, 2.45) is 11.7 Å². The van der Waals surface area contributed by atoms with Crippen LogP contribution in [0.4, 0.5) is 4.39 Å². The molecule has 1 saturated heterocycles. The molecule has 1 aliphatic heterocycles. The number of benzene rings is 1. The molecule has 0 spiro atoms. The third-order valence-electron chi connectivity index (χ3n) is 5.77. The van der Waals surface area contributed by atoms with Crippen molar-refractivity contribution in [1.29, 1.82) is 0 Å². The van der Waals surface area contributed by atoms with Crippen molar-refractivity contribution in [2.45, 2.75) is 26.2 Å². The van der Waals surface area contributed by atoms with Crippen molar-refractivity contribution < 1.29 is 23.5 Å². The first-order chi connectivity index (χ1) is 15.9. The number of hydrogen-bond donors (Lipinski definition) is 2. The maximum atomic E-state index is 13.2. The number of Topliss-reactive ketones (excluding diaryl/α,β-unsaturated/α-hetero) is 1. The highest BCUT2D eigenvalue weighted by molar-refractivity contribution is 6.08. The first-order valence-corrected chi connectivity index (χ1v) is 10.6. The van der Waals surface area contributed by atoms with Gasteiger partial charge in [-0.15, -0.1) is 0 Å². The lowest BCUT2D eigenvalue weighted by Gasteiger charge is -2.32. The number of piperidine rings is 1. The molecule has 33 heavy (non-hydrogen) atoms. The summed E-state index contributed by atoms with van der Waals surface area (Å²) in [4.78, 5) is 42.8. The van der Waals surface area contributed by atoms with Crippen molar-refractivity contribution in [3.63, 3.8) is 0 Å². The van der Waals surface area contributed by atoms with Crippen LogP contribution in [0.2, 0.25) is 0 Å². The second kappa shape index (κ2) is 10.7. The smallest absolute Gasteiger partial charge is 0.259 e. The van der Waals surface area contributed by atoms with Crippen LogP contribution in [0, 0.1) is 11.7 Å². The predicted molar refractivity (Wildman–Crippen MR) is 122 cm³/mol. The van der Waals surface area contributed by atoms with Crippen LogP contribution >= 0.6 is 0 Å². The third kappa shape index (κ3) is 5.54. The van der Waals surface area contributed by atoms with Gasteiger partial charge in [0.25, 0.3) is 5.91 Å². The van der Waals surface area contributed by atoms with E-state index in [0.29, 0.717) is 41.2 Å². The van der Waals surface area contributed by atoms with Gasteiger partial charge >= 0.3 is 0 Å². The number of amides is 2. The van der Waals surface area contributed by atoms with Gasteiger partial charge in [0.2, 0.25) is 12.3 Å². The fraction of sp³-hybridized carbons (Fsp3) is 0.333. The number of ketones is 1. The Labute approximate surface area is 190 Å². The molecular formula is C24H27FN4O4. The zero-order chi connectivity index (χ0) is 24.0. The monoisotopic (exact) mass is 454 g/mol. The van der Waals surface area contributed by atoms with Crippen LogP contribution in [-0.4, -0.2) is 53.2 Å². The number of hydrogen-bond acceptors (Lipinski definition) is 5. The quantitative estimate of drug-likeness (QED) is 0.454. The van der Waals surface area contributed by atoms with Gasteiger partial charge in [-0.1, -0.05) is 12.1 Å². The number of primary amides is 1. The number of carbonyl (C=O) groups is 3. The number of aromatic nitrogens is 2. The van der Waals surface area contributed by atoms with E-state index in [1.807, 2.05) is 17.0 Å². The molecule has 1 aliphatic rings. The SMILES string of the molecule is COc1nc2[nH]cc(C(C)=O)c2cc1C(=O)N1CCC(Cc2ccc(F)cc2)CC1.NC=O. The number of rotatable bonds is 5. The van der Waals surface area contributed by atoms with Crippen molar-refractivity contribution in [1.82, 2.24) is 14.9 Å². The minimum absolute atomic E-state index is 0.0896. The molecular weight excluding hydrogens is 427 g/mol. The molecule has 0 atom stereocenters. The Morgan fingerprint density at radius 2 is 1.88 bits per heavy atom. The lowest BCUT2D eigenvalue weighted by molar-refractivity contribution is -0.106. The molecule has 0 saturated carbocycles. The molecule has 0 radical (unpaired) electrons. The summed E-state index contributed by atoms with van der Waals surface area (Å²) in [6.07, 6.45) is 4.49. The fourth-order valence-electron chi connectivity index (χ4n) is 4.09. The number of aromatic amines is 1. The van der Waals surface area contributed by atoms with Crippen LogP contribution in [-0.2, 0) is 11.2 Å². The van der Waals surface area contributed by atoms with E-state index < -0.39 is 0 Å². The van der Waals surface area contributed by atoms with Crippen LogP contribution in [0.25, 0.3) is 11.0 Å². The second-order valence-corrected chi connectivity index (χ2v) is 7.90. The molecule has 8 nitrogen and oxygen atoms in total. The van der Waals surface area contributed by atoms with Gasteiger partial charge in [-0.05, 0) is 55.9 Å². The number of methoxy groups -OCH3 is 1. The first kappa shape index (κ1) is 23.9. The highest BCUT2D eigenvalue weighted by Gasteiger charge is 2.27. The zero-order valence-electron chi connectivity index (χ0n) is 18.6. The van der Waals surface area contributed by atoms with E-state index in [0.717, 1.165) is 24.8 Å². The first-order valence-electron chi connectivity index (χ1n) is 10.6. The third-order valence-corrected chi connectivity index (χ3v) is 5.77. The van der Waals surface area contributed by atoms with Gasteiger partial charge < -0.3 is 20.4 Å². The van der Waals surface area contributed by atoms with Crippen molar-refractivity contribution in [3.05, 3.63) is 59.0 Å². The number of ether oxygens (including phenoxy) is 1. The van der Waals surface area contributed by atoms with E-state index >= 15 is 0 Å². The highest BCUT2D eigenvalue weighted by Crippen LogP contribution is 2.28. The minimum atomic E-state index is -0.228. The van der Waals surface area contributed by atoms with E-state index in [-0.39, 0.29) is 29.8 Å². The van der Waals surface area contributed by atoms with Crippen molar-refractivity contribution in [2.75, 3.05) is 20.2 Å². The van der Waals surface area contributed by atoms with E-state index in [2.05, 4.69) is 15.7 Å². The lowest BCUT2D eigenvalue weighted by Crippen LogP contribution is -2.39. The molecule has 0 aliphatic carbocycles. The Hall–Kier alpha value is -3.75. The summed E-state index contributed by atoms with van der Waals surface area (Å²) in [5.74, 6) is 0.244. The standard InChI is InChI=1S/C23H24FN3O3.CH3NO/c1-14(28)20-13-25-21-18(20)12-19(22(26-21)30-2)23(29)27-9-7-16(8-10-27)11-15-3-5-17(24)6-4-15;2-1-3/h3-6,12-13,16H,7-11H2,1-2H3,(H,25,26);1H,(H2,2,3). The van der Waals surface area contributed by atoms with Crippen LogP contribution in [0.1, 0.15) is 46.0 Å². The Morgan fingerprint density at radius 1 is 1.24 bits per heavy atom. The number of nitrogens with two attached hydrogens (primary N) is 1. The Morgan fingerprint density at radius 3 is 2.45 bits per heavy atom. The number of fused-ring (bicyclic) bond motifs is 1. The second-order valence-electron chi connectivity index (χ2n) is 7.90. The number of nitrogens with one attached hydrogen (secondary N) is 1. The summed E-state index contributed by atoms with van der Waals surface area (Å²) in [5, 5.41) is 0.623. The number of H-pyrrole nitrogens is 1. The fourth-order valence-corrected chi connectivity index (χ4v) is 4.09. The molecule has 3 heterocycles. The summed E-state index contributed by atoms with van der Waals surface area (Å²) in [5.41, 5.74) is 6.67. The topological polar surface area (TPSA) is 118 Å². The Balaban J connectivity index is 0.000000968. The molecule has 1 fully saturated rings. The van der Waals surface area contributed by atoms with Gasteiger partial charge in [0.1, 0.15) is 17.0 Å². The van der Waals surface area contributed by atoms with Gasteiger partial charge in [0, 0.05) is 30.2 Å². The average Bonchev–Trinajstić information content (AvgIpc) is 3.23. The van der Waals surface area contributed by atoms with E-state index in [1.165, 1.54) is 26.2 Å². The largest absolute Gasteiger partial charge is 0.480 e. The molecule has 4 rings (SSSR count). The van der Waals surface area contributed by atoms with Crippen LogP contribution in [0.5, 0.6) is 5.88 Å². The van der Waals surface area contributed by atoms with Crippen molar-refractivity contribution >= 4 is 29.1 Å². The molecule has 0 unspecified atom stereocenters.